The average Bonchev–Trinajstić information content (AvgIpc) is 2.40. The van der Waals surface area contributed by atoms with E-state index in [0.29, 0.717) is 16.6 Å². The first-order chi connectivity index (χ1) is 8.72. The Morgan fingerprint density at radius 3 is 2.94 bits per heavy atom. The largest absolute Gasteiger partial charge is 0.437 e. The molecule has 0 spiro atoms. The van der Waals surface area contributed by atoms with Crippen molar-refractivity contribution >= 4 is 45.3 Å². The fourth-order valence-corrected chi connectivity index (χ4v) is 3.18. The maximum Gasteiger partial charge on any atom is 0.222 e. The van der Waals surface area contributed by atoms with Gasteiger partial charge in [-0.25, -0.2) is 0 Å². The summed E-state index contributed by atoms with van der Waals surface area (Å²) in [6.45, 7) is 1.99. The van der Waals surface area contributed by atoms with Crippen LogP contribution in [-0.4, -0.2) is 13.0 Å². The number of hydrogen-bond acceptors (Lipinski definition) is 4. The zero-order valence-electron chi connectivity index (χ0n) is 9.73. The number of anilines is 1. The molecule has 0 fully saturated rings. The average molecular weight is 252 g/mol. The third kappa shape index (κ3) is 1.51. The second-order valence-corrected chi connectivity index (χ2v) is 5.11. The highest BCUT2D eigenvalue weighted by atomic mass is 32.1. The van der Waals surface area contributed by atoms with Crippen molar-refractivity contribution in [1.82, 2.24) is 4.98 Å². The van der Waals surface area contributed by atoms with Crippen molar-refractivity contribution in [2.24, 2.45) is 0 Å². The molecular formula is C13H9BN2OS. The van der Waals surface area contributed by atoms with Crippen LogP contribution in [0.15, 0.2) is 35.3 Å². The second kappa shape index (κ2) is 4.10. The van der Waals surface area contributed by atoms with Gasteiger partial charge < -0.3 is 5.23 Å². The third-order valence-corrected chi connectivity index (χ3v) is 4.21. The normalized spacial score (nSPS) is 10.9. The zero-order chi connectivity index (χ0) is 12.7. The summed E-state index contributed by atoms with van der Waals surface area (Å²) in [7, 11) is 5.47. The topological polar surface area (TPSA) is 42.0 Å². The van der Waals surface area contributed by atoms with Gasteiger partial charge >= 0.3 is 0 Å². The number of benzene rings is 1. The molecule has 0 atom stereocenters. The number of aryl methyl sites for hydroxylation is 1. The Bertz CT molecular complexity index is 813. The third-order valence-electron chi connectivity index (χ3n) is 2.93. The van der Waals surface area contributed by atoms with Crippen LogP contribution in [0.5, 0.6) is 0 Å². The van der Waals surface area contributed by atoms with Gasteiger partial charge in [-0.3, -0.25) is 9.78 Å². The van der Waals surface area contributed by atoms with Gasteiger partial charge in [-0.1, -0.05) is 6.07 Å². The molecule has 0 unspecified atom stereocenters. The van der Waals surface area contributed by atoms with E-state index in [1.165, 1.54) is 0 Å². The Kier molecular flexibility index (Phi) is 2.56. The van der Waals surface area contributed by atoms with E-state index in [0.717, 1.165) is 15.0 Å². The number of hydrogen-bond donors (Lipinski definition) is 1. The summed E-state index contributed by atoms with van der Waals surface area (Å²) in [6, 6.07) is 7.52. The van der Waals surface area contributed by atoms with Crippen molar-refractivity contribution < 1.29 is 0 Å². The van der Waals surface area contributed by atoms with Crippen LogP contribution in [0.1, 0.15) is 5.56 Å². The molecule has 3 rings (SSSR count). The molecule has 2 heterocycles. The maximum absolute atomic E-state index is 12.5. The van der Waals surface area contributed by atoms with E-state index in [1.807, 2.05) is 31.2 Å². The van der Waals surface area contributed by atoms with Gasteiger partial charge in [0.1, 0.15) is 5.52 Å². The van der Waals surface area contributed by atoms with Crippen LogP contribution in [-0.2, 0) is 0 Å². The van der Waals surface area contributed by atoms with Gasteiger partial charge in [0.05, 0.1) is 10.1 Å². The molecule has 0 saturated heterocycles. The number of pyridine rings is 1. The molecule has 0 aliphatic carbocycles. The fraction of sp³-hybridized carbons (Fsp3) is 0.0769. The molecule has 1 N–H and O–H groups in total. The van der Waals surface area contributed by atoms with Crippen molar-refractivity contribution in [1.29, 1.82) is 0 Å². The standard InChI is InChI=1S/C13H9BN2OS/c1-7-4-5-8(16-14)10-12(17)11-9(18-13(7)10)3-2-6-15-11/h2-6,16H,1H3. The first kappa shape index (κ1) is 11.2. The molecular weight excluding hydrogens is 243 g/mol. The highest BCUT2D eigenvalue weighted by Gasteiger charge is 2.11. The molecule has 5 heteroatoms. The molecule has 3 aromatic rings. The lowest BCUT2D eigenvalue weighted by atomic mass is 10.1. The van der Waals surface area contributed by atoms with Crippen molar-refractivity contribution in [3.05, 3.63) is 46.2 Å². The Hall–Kier alpha value is -1.88. The molecule has 86 valence electrons. The molecule has 3 nitrogen and oxygen atoms in total. The minimum atomic E-state index is -0.0731. The van der Waals surface area contributed by atoms with E-state index in [1.54, 1.807) is 17.5 Å². The van der Waals surface area contributed by atoms with Crippen LogP contribution in [0.4, 0.5) is 5.69 Å². The molecule has 2 aromatic heterocycles. The molecule has 18 heavy (non-hydrogen) atoms. The summed E-state index contributed by atoms with van der Waals surface area (Å²) in [5, 5.41) is 3.20. The highest BCUT2D eigenvalue weighted by molar-refractivity contribution is 7.24. The summed E-state index contributed by atoms with van der Waals surface area (Å²) in [5.41, 5.74) is 2.13. The van der Waals surface area contributed by atoms with Gasteiger partial charge in [0.2, 0.25) is 13.4 Å². The van der Waals surface area contributed by atoms with Crippen LogP contribution in [0.25, 0.3) is 20.3 Å². The van der Waals surface area contributed by atoms with Gasteiger partial charge in [-0.15, -0.1) is 11.3 Å². The van der Waals surface area contributed by atoms with E-state index in [4.69, 9.17) is 7.98 Å². The lowest BCUT2D eigenvalue weighted by Gasteiger charge is -2.08. The van der Waals surface area contributed by atoms with E-state index in [9.17, 15) is 4.79 Å². The fourth-order valence-electron chi connectivity index (χ4n) is 2.04. The minimum absolute atomic E-state index is 0.0731. The SMILES string of the molecule is [B]Nc1ccc(C)c2sc3cccnc3c(=O)c12. The molecule has 0 amide bonds. The number of aromatic nitrogens is 1. The van der Waals surface area contributed by atoms with Crippen LogP contribution in [0.3, 0.4) is 0 Å². The van der Waals surface area contributed by atoms with Crippen LogP contribution in [0.2, 0.25) is 0 Å². The summed E-state index contributed by atoms with van der Waals surface area (Å²) >= 11 is 1.56. The van der Waals surface area contributed by atoms with Crippen molar-refractivity contribution in [2.75, 3.05) is 5.23 Å². The first-order valence-corrected chi connectivity index (χ1v) is 6.32. The van der Waals surface area contributed by atoms with Gasteiger partial charge in [-0.2, -0.15) is 0 Å². The van der Waals surface area contributed by atoms with Crippen molar-refractivity contribution in [2.45, 2.75) is 6.92 Å². The van der Waals surface area contributed by atoms with Gasteiger partial charge in [-0.05, 0) is 30.7 Å². The highest BCUT2D eigenvalue weighted by Crippen LogP contribution is 2.30. The number of rotatable bonds is 1. The van der Waals surface area contributed by atoms with E-state index >= 15 is 0 Å². The summed E-state index contributed by atoms with van der Waals surface area (Å²) in [6.07, 6.45) is 1.63. The summed E-state index contributed by atoms with van der Waals surface area (Å²) < 4.78 is 1.85. The molecule has 0 saturated carbocycles. The summed E-state index contributed by atoms with van der Waals surface area (Å²) in [5.74, 6) is 0. The Balaban J connectivity index is 2.64. The Morgan fingerprint density at radius 2 is 2.17 bits per heavy atom. The van der Waals surface area contributed by atoms with Crippen LogP contribution < -0.4 is 10.7 Å². The molecule has 1 aromatic carbocycles. The molecule has 0 aliphatic heterocycles. The molecule has 0 bridgehead atoms. The smallest absolute Gasteiger partial charge is 0.222 e. The predicted molar refractivity (Wildman–Crippen MR) is 77.5 cm³/mol. The van der Waals surface area contributed by atoms with Gasteiger partial charge in [0, 0.05) is 16.6 Å². The van der Waals surface area contributed by atoms with E-state index in [-0.39, 0.29) is 5.43 Å². The van der Waals surface area contributed by atoms with Crippen molar-refractivity contribution in [3.8, 4) is 0 Å². The van der Waals surface area contributed by atoms with Gasteiger partial charge in [0.25, 0.3) is 0 Å². The van der Waals surface area contributed by atoms with Crippen LogP contribution in [0, 0.1) is 6.92 Å². The van der Waals surface area contributed by atoms with Crippen molar-refractivity contribution in [3.63, 3.8) is 0 Å². The van der Waals surface area contributed by atoms with Crippen LogP contribution >= 0.6 is 11.3 Å². The Labute approximate surface area is 109 Å². The lowest BCUT2D eigenvalue weighted by Crippen LogP contribution is -2.06. The quantitative estimate of drug-likeness (QED) is 0.534. The second-order valence-electron chi connectivity index (χ2n) is 4.06. The first-order valence-electron chi connectivity index (χ1n) is 5.50. The maximum atomic E-state index is 12.5. The summed E-state index contributed by atoms with van der Waals surface area (Å²) in [4.78, 5) is 16.6. The van der Waals surface area contributed by atoms with Gasteiger partial charge in [0.15, 0.2) is 0 Å². The lowest BCUT2D eigenvalue weighted by molar-refractivity contribution is 1.41. The Morgan fingerprint density at radius 1 is 1.33 bits per heavy atom. The molecule has 0 aliphatic rings. The number of nitrogens with one attached hydrogen (secondary N) is 1. The van der Waals surface area contributed by atoms with E-state index < -0.39 is 0 Å². The number of nitrogens with zero attached hydrogens (tertiary/aromatic N) is 1. The zero-order valence-corrected chi connectivity index (χ0v) is 10.5. The predicted octanol–water partition coefficient (Wildman–Crippen LogP) is 2.61. The minimum Gasteiger partial charge on any atom is -0.437 e. The molecule has 2 radical (unpaired) electrons. The number of fused-ring (bicyclic) bond motifs is 2. The monoisotopic (exact) mass is 252 g/mol. The van der Waals surface area contributed by atoms with E-state index in [2.05, 4.69) is 10.2 Å².